The van der Waals surface area contributed by atoms with Gasteiger partial charge in [-0.1, -0.05) is 12.1 Å². The first kappa shape index (κ1) is 20.5. The molecule has 0 aromatic heterocycles. The summed E-state index contributed by atoms with van der Waals surface area (Å²) in [6, 6.07) is 12.7. The first-order valence-electron chi connectivity index (χ1n) is 8.92. The first-order valence-corrected chi connectivity index (χ1v) is 8.92. The van der Waals surface area contributed by atoms with Crippen molar-refractivity contribution in [2.75, 3.05) is 23.9 Å². The van der Waals surface area contributed by atoms with E-state index in [0.29, 0.717) is 10.6 Å². The minimum Gasteiger partial charge on any atom is -0.478 e. The normalized spacial score (nSPS) is 15.4. The minimum atomic E-state index is -1.29. The number of carboxylic acids is 1. The van der Waals surface area contributed by atoms with Crippen molar-refractivity contribution < 1.29 is 19.5 Å². The number of carboxylic acid groups (broad SMARTS) is 1. The van der Waals surface area contributed by atoms with Crippen LogP contribution in [0.5, 0.6) is 0 Å². The lowest BCUT2D eigenvalue weighted by atomic mass is 10.0. The van der Waals surface area contributed by atoms with E-state index in [-0.39, 0.29) is 28.2 Å². The number of anilines is 2. The highest BCUT2D eigenvalue weighted by Gasteiger charge is 2.39. The van der Waals surface area contributed by atoms with Crippen molar-refractivity contribution in [3.8, 4) is 0 Å². The molecule has 2 aromatic rings. The maximum atomic E-state index is 13.2. The Hall–Kier alpha value is -4.25. The zero-order chi connectivity index (χ0) is 22.0. The highest BCUT2D eigenvalue weighted by Crippen LogP contribution is 2.30. The topological polar surface area (TPSA) is 94.6 Å². The number of carbonyl (C=O) groups is 3. The molecule has 1 aliphatic heterocycles. The third kappa shape index (κ3) is 3.56. The van der Waals surface area contributed by atoms with E-state index in [0.717, 1.165) is 5.69 Å². The SMILES string of the molecule is [C-]#[N+]C1=C(C)C(=Nc2ccc(N(C)C)cc2)C(=O)N(c2ccccc2C(=O)O)C1=O. The number of hydrogen-bond donors (Lipinski definition) is 1. The van der Waals surface area contributed by atoms with Crippen molar-refractivity contribution in [2.45, 2.75) is 6.92 Å². The van der Waals surface area contributed by atoms with Crippen molar-refractivity contribution in [1.82, 2.24) is 0 Å². The standard InChI is InChI=1S/C22H18N4O4/c1-13-18(23-2)20(27)26(17-8-6-5-7-16(17)22(29)30)21(28)19(13)24-14-9-11-15(12-10-14)25(3)4/h5-12H,1,3-4H3,(H,29,30). The maximum Gasteiger partial charge on any atom is 0.337 e. The predicted octanol–water partition coefficient (Wildman–Crippen LogP) is 3.29. The molecule has 0 atom stereocenters. The van der Waals surface area contributed by atoms with Gasteiger partial charge in [-0.05, 0) is 48.9 Å². The van der Waals surface area contributed by atoms with E-state index in [1.807, 2.05) is 31.1 Å². The third-order valence-electron chi connectivity index (χ3n) is 4.62. The second-order valence-electron chi connectivity index (χ2n) is 6.72. The molecule has 150 valence electrons. The Morgan fingerprint density at radius 2 is 1.70 bits per heavy atom. The Labute approximate surface area is 173 Å². The molecule has 0 saturated carbocycles. The minimum absolute atomic E-state index is 0.0848. The molecule has 0 unspecified atom stereocenters. The van der Waals surface area contributed by atoms with E-state index >= 15 is 0 Å². The summed E-state index contributed by atoms with van der Waals surface area (Å²) in [5.41, 5.74) is 0.864. The Bertz CT molecular complexity index is 1150. The van der Waals surface area contributed by atoms with Gasteiger partial charge < -0.3 is 10.0 Å². The van der Waals surface area contributed by atoms with E-state index in [1.165, 1.54) is 31.2 Å². The Balaban J connectivity index is 2.17. The highest BCUT2D eigenvalue weighted by molar-refractivity contribution is 6.57. The van der Waals surface area contributed by atoms with E-state index in [9.17, 15) is 19.5 Å². The van der Waals surface area contributed by atoms with Crippen LogP contribution in [0.25, 0.3) is 4.85 Å². The molecule has 0 bridgehead atoms. The number of aromatic carboxylic acids is 1. The summed E-state index contributed by atoms with van der Waals surface area (Å²) >= 11 is 0. The molecule has 0 saturated heterocycles. The summed E-state index contributed by atoms with van der Waals surface area (Å²) < 4.78 is 0. The number of para-hydroxylation sites is 1. The zero-order valence-electron chi connectivity index (χ0n) is 16.6. The van der Waals surface area contributed by atoms with Crippen LogP contribution >= 0.6 is 0 Å². The van der Waals surface area contributed by atoms with Crippen LogP contribution < -0.4 is 9.80 Å². The van der Waals surface area contributed by atoms with Gasteiger partial charge in [-0.3, -0.25) is 9.59 Å². The molecule has 1 heterocycles. The zero-order valence-corrected chi connectivity index (χ0v) is 16.6. The lowest BCUT2D eigenvalue weighted by Gasteiger charge is -2.27. The molecule has 0 fully saturated rings. The van der Waals surface area contributed by atoms with E-state index in [1.54, 1.807) is 12.1 Å². The number of hydrogen-bond acceptors (Lipinski definition) is 5. The highest BCUT2D eigenvalue weighted by atomic mass is 16.4. The van der Waals surface area contributed by atoms with Gasteiger partial charge in [0.1, 0.15) is 5.71 Å². The third-order valence-corrected chi connectivity index (χ3v) is 4.62. The molecule has 8 nitrogen and oxygen atoms in total. The molecule has 2 aromatic carbocycles. The van der Waals surface area contributed by atoms with Crippen LogP contribution in [0.15, 0.2) is 64.8 Å². The fraction of sp³-hybridized carbons (Fsp3) is 0.136. The van der Waals surface area contributed by atoms with Gasteiger partial charge in [-0.15, -0.1) is 0 Å². The number of benzene rings is 2. The average Bonchev–Trinajstić information content (AvgIpc) is 2.72. The second kappa shape index (κ2) is 8.01. The van der Waals surface area contributed by atoms with Crippen LogP contribution in [-0.4, -0.2) is 42.7 Å². The van der Waals surface area contributed by atoms with Crippen LogP contribution in [0.4, 0.5) is 17.1 Å². The van der Waals surface area contributed by atoms with Crippen molar-refractivity contribution in [1.29, 1.82) is 0 Å². The van der Waals surface area contributed by atoms with Gasteiger partial charge in [-0.2, -0.15) is 0 Å². The number of rotatable bonds is 4. The molecule has 0 spiro atoms. The summed E-state index contributed by atoms with van der Waals surface area (Å²) in [7, 11) is 3.79. The molecule has 8 heteroatoms. The van der Waals surface area contributed by atoms with E-state index < -0.39 is 17.8 Å². The van der Waals surface area contributed by atoms with Crippen LogP contribution in [0.3, 0.4) is 0 Å². The van der Waals surface area contributed by atoms with Crippen LogP contribution in [0, 0.1) is 6.57 Å². The fourth-order valence-electron chi connectivity index (χ4n) is 3.02. The summed E-state index contributed by atoms with van der Waals surface area (Å²) in [5, 5.41) is 9.46. The lowest BCUT2D eigenvalue weighted by molar-refractivity contribution is -0.121. The predicted molar refractivity (Wildman–Crippen MR) is 113 cm³/mol. The molecule has 2 amide bonds. The summed E-state index contributed by atoms with van der Waals surface area (Å²) in [6.07, 6.45) is 0. The van der Waals surface area contributed by atoms with Gasteiger partial charge in [0.25, 0.3) is 17.5 Å². The molecule has 3 rings (SSSR count). The number of aliphatic imine (C=N–C) groups is 1. The van der Waals surface area contributed by atoms with Gasteiger partial charge in [0.15, 0.2) is 0 Å². The van der Waals surface area contributed by atoms with Gasteiger partial charge in [0.2, 0.25) is 0 Å². The molecule has 1 N–H and O–H groups in total. The first-order chi connectivity index (χ1) is 14.3. The lowest BCUT2D eigenvalue weighted by Crippen LogP contribution is -2.47. The van der Waals surface area contributed by atoms with Crippen LogP contribution in [-0.2, 0) is 9.59 Å². The molecule has 1 aliphatic rings. The van der Waals surface area contributed by atoms with Crippen LogP contribution in [0.1, 0.15) is 17.3 Å². The Kier molecular flexibility index (Phi) is 5.47. The number of amides is 2. The van der Waals surface area contributed by atoms with Crippen molar-refractivity contribution >= 4 is 40.6 Å². The second-order valence-corrected chi connectivity index (χ2v) is 6.72. The van der Waals surface area contributed by atoms with Crippen molar-refractivity contribution in [3.05, 3.63) is 76.8 Å². The Morgan fingerprint density at radius 3 is 2.27 bits per heavy atom. The summed E-state index contributed by atoms with van der Waals surface area (Å²) in [6.45, 7) is 8.87. The number of carbonyl (C=O) groups excluding carboxylic acids is 2. The molecule has 0 radical (unpaired) electrons. The summed E-state index contributed by atoms with van der Waals surface area (Å²) in [5.74, 6) is -2.95. The molecular weight excluding hydrogens is 384 g/mol. The molecular formula is C22H18N4O4. The van der Waals surface area contributed by atoms with Gasteiger partial charge >= 0.3 is 5.97 Å². The van der Waals surface area contributed by atoms with Crippen molar-refractivity contribution in [2.24, 2.45) is 4.99 Å². The number of nitrogens with zero attached hydrogens (tertiary/aromatic N) is 4. The monoisotopic (exact) mass is 402 g/mol. The molecule has 0 aliphatic carbocycles. The average molecular weight is 402 g/mol. The smallest absolute Gasteiger partial charge is 0.337 e. The van der Waals surface area contributed by atoms with Gasteiger partial charge in [0, 0.05) is 19.8 Å². The summed E-state index contributed by atoms with van der Waals surface area (Å²) in [4.78, 5) is 47.9. The van der Waals surface area contributed by atoms with Crippen LogP contribution in [0.2, 0.25) is 0 Å². The fourth-order valence-corrected chi connectivity index (χ4v) is 3.02. The maximum absolute atomic E-state index is 13.2. The molecule has 30 heavy (non-hydrogen) atoms. The van der Waals surface area contributed by atoms with Gasteiger partial charge in [0.05, 0.1) is 23.5 Å². The largest absolute Gasteiger partial charge is 0.478 e. The number of imide groups is 1. The quantitative estimate of drug-likeness (QED) is 0.626. The Morgan fingerprint density at radius 1 is 1.07 bits per heavy atom. The van der Waals surface area contributed by atoms with Crippen molar-refractivity contribution in [3.63, 3.8) is 0 Å². The van der Waals surface area contributed by atoms with E-state index in [4.69, 9.17) is 6.57 Å². The van der Waals surface area contributed by atoms with Gasteiger partial charge in [-0.25, -0.2) is 19.5 Å². The van der Waals surface area contributed by atoms with E-state index in [2.05, 4.69) is 9.84 Å².